The lowest BCUT2D eigenvalue weighted by Crippen LogP contribution is -1.85. The molecule has 0 saturated heterocycles. The van der Waals surface area contributed by atoms with E-state index in [1.807, 2.05) is 0 Å². The molecule has 2 aromatic heterocycles. The minimum atomic E-state index is 0.118. The number of pyridine rings is 2. The van der Waals surface area contributed by atoms with Gasteiger partial charge in [-0.05, 0) is 24.3 Å². The van der Waals surface area contributed by atoms with E-state index < -0.39 is 0 Å². The first-order valence-corrected chi connectivity index (χ1v) is 4.06. The van der Waals surface area contributed by atoms with E-state index in [1.54, 1.807) is 12.1 Å². The van der Waals surface area contributed by atoms with Gasteiger partial charge in [0.2, 0.25) is 0 Å². The molecule has 14 heavy (non-hydrogen) atoms. The summed E-state index contributed by atoms with van der Waals surface area (Å²) >= 11 is 0. The summed E-state index contributed by atoms with van der Waals surface area (Å²) in [5.41, 5.74) is 1.31. The summed E-state index contributed by atoms with van der Waals surface area (Å²) in [5, 5.41) is 18.0. The van der Waals surface area contributed by atoms with Crippen LogP contribution in [0.4, 0.5) is 0 Å². The molecule has 0 unspecified atom stereocenters. The average molecular weight is 188 g/mol. The zero-order valence-corrected chi connectivity index (χ0v) is 7.25. The maximum Gasteiger partial charge on any atom is 0.133 e. The molecule has 0 radical (unpaired) electrons. The summed E-state index contributed by atoms with van der Waals surface area (Å²) in [4.78, 5) is 7.97. The highest BCUT2D eigenvalue weighted by atomic mass is 16.3. The molecule has 0 aliphatic heterocycles. The average Bonchev–Trinajstić information content (AvgIpc) is 2.21. The van der Waals surface area contributed by atoms with Crippen molar-refractivity contribution >= 4 is 0 Å². The summed E-state index contributed by atoms with van der Waals surface area (Å²) in [6.45, 7) is 0. The summed E-state index contributed by atoms with van der Waals surface area (Å²) in [6.07, 6.45) is 2.70. The molecule has 0 fully saturated rings. The van der Waals surface area contributed by atoms with E-state index in [4.69, 9.17) is 10.2 Å². The highest BCUT2D eigenvalue weighted by Gasteiger charge is 2.00. The van der Waals surface area contributed by atoms with Crippen LogP contribution >= 0.6 is 0 Å². The summed E-state index contributed by atoms with van der Waals surface area (Å²) < 4.78 is 0. The van der Waals surface area contributed by atoms with Gasteiger partial charge in [-0.15, -0.1) is 0 Å². The summed E-state index contributed by atoms with van der Waals surface area (Å²) in [5.74, 6) is 0.236. The third-order valence-electron chi connectivity index (χ3n) is 1.76. The van der Waals surface area contributed by atoms with Crippen molar-refractivity contribution in [2.75, 3.05) is 0 Å². The maximum atomic E-state index is 9.02. The monoisotopic (exact) mass is 188 g/mol. The van der Waals surface area contributed by atoms with Crippen molar-refractivity contribution in [3.63, 3.8) is 0 Å². The minimum absolute atomic E-state index is 0.118. The zero-order chi connectivity index (χ0) is 9.97. The Morgan fingerprint density at radius 3 is 1.43 bits per heavy atom. The molecule has 0 amide bonds. The van der Waals surface area contributed by atoms with E-state index in [0.717, 1.165) is 0 Å². The fourth-order valence-electron chi connectivity index (χ4n) is 1.08. The van der Waals surface area contributed by atoms with Gasteiger partial charge in [0.1, 0.15) is 11.5 Å². The highest BCUT2D eigenvalue weighted by molar-refractivity contribution is 5.54. The molecular weight excluding hydrogens is 180 g/mol. The van der Waals surface area contributed by atoms with Crippen LogP contribution in [0.1, 0.15) is 0 Å². The Balaban J connectivity index is 2.40. The van der Waals surface area contributed by atoms with E-state index >= 15 is 0 Å². The van der Waals surface area contributed by atoms with Crippen LogP contribution in [-0.4, -0.2) is 20.2 Å². The van der Waals surface area contributed by atoms with E-state index in [-0.39, 0.29) is 11.5 Å². The Morgan fingerprint density at radius 2 is 1.14 bits per heavy atom. The summed E-state index contributed by atoms with van der Waals surface area (Å²) in [7, 11) is 0. The van der Waals surface area contributed by atoms with Crippen LogP contribution in [0.2, 0.25) is 0 Å². The van der Waals surface area contributed by atoms with Gasteiger partial charge in [-0.3, -0.25) is 9.97 Å². The number of rotatable bonds is 1. The van der Waals surface area contributed by atoms with Gasteiger partial charge < -0.3 is 10.2 Å². The first kappa shape index (κ1) is 8.50. The smallest absolute Gasteiger partial charge is 0.133 e. The minimum Gasteiger partial charge on any atom is -0.506 e. The van der Waals surface area contributed by atoms with Crippen LogP contribution in [0.5, 0.6) is 11.5 Å². The van der Waals surface area contributed by atoms with Crippen molar-refractivity contribution in [2.45, 2.75) is 0 Å². The van der Waals surface area contributed by atoms with Crippen molar-refractivity contribution in [1.82, 2.24) is 9.97 Å². The van der Waals surface area contributed by atoms with Crippen molar-refractivity contribution in [2.24, 2.45) is 0 Å². The molecule has 2 rings (SSSR count). The second-order valence-electron chi connectivity index (χ2n) is 2.80. The normalized spacial score (nSPS) is 10.0. The molecule has 2 heterocycles. The Bertz CT molecular complexity index is 379. The number of hydrogen-bond acceptors (Lipinski definition) is 4. The van der Waals surface area contributed by atoms with Crippen LogP contribution in [-0.2, 0) is 0 Å². The van der Waals surface area contributed by atoms with Gasteiger partial charge in [-0.25, -0.2) is 0 Å². The largest absolute Gasteiger partial charge is 0.506 e. The van der Waals surface area contributed by atoms with Crippen LogP contribution < -0.4 is 0 Å². The zero-order valence-electron chi connectivity index (χ0n) is 7.25. The Hall–Kier alpha value is -2.10. The first-order chi connectivity index (χ1) is 6.75. The topological polar surface area (TPSA) is 66.2 Å². The Labute approximate surface area is 80.5 Å². The molecule has 0 atom stereocenters. The molecule has 70 valence electrons. The number of hydrogen-bond donors (Lipinski definition) is 2. The molecule has 2 aromatic rings. The molecule has 2 N–H and O–H groups in total. The number of nitrogens with zero attached hydrogens (tertiary/aromatic N) is 2. The van der Waals surface area contributed by atoms with Gasteiger partial charge in [0.15, 0.2) is 0 Å². The predicted molar refractivity (Wildman–Crippen MR) is 50.8 cm³/mol. The second-order valence-corrected chi connectivity index (χ2v) is 2.80. The molecule has 0 aliphatic rings. The number of aromatic nitrogens is 2. The molecule has 4 heteroatoms. The number of aromatic hydroxyl groups is 2. The van der Waals surface area contributed by atoms with E-state index in [0.29, 0.717) is 11.4 Å². The lowest BCUT2D eigenvalue weighted by atomic mass is 10.2. The standard InChI is InChI=1S/C10H8N2O2/c13-7-1-3-9(11-5-7)10-4-2-8(14)6-12-10/h1-6,13-14H. The first-order valence-electron chi connectivity index (χ1n) is 4.06. The second kappa shape index (κ2) is 3.33. The third kappa shape index (κ3) is 1.64. The molecule has 0 bridgehead atoms. The molecular formula is C10H8N2O2. The van der Waals surface area contributed by atoms with Gasteiger partial charge >= 0.3 is 0 Å². The van der Waals surface area contributed by atoms with Gasteiger partial charge in [-0.1, -0.05) is 0 Å². The quantitative estimate of drug-likeness (QED) is 0.712. The molecule has 4 nitrogen and oxygen atoms in total. The molecule has 0 spiro atoms. The lowest BCUT2D eigenvalue weighted by Gasteiger charge is -1.99. The third-order valence-corrected chi connectivity index (χ3v) is 1.76. The summed E-state index contributed by atoms with van der Waals surface area (Å²) in [6, 6.07) is 6.40. The van der Waals surface area contributed by atoms with Crippen molar-refractivity contribution in [3.8, 4) is 22.9 Å². The van der Waals surface area contributed by atoms with Crippen LogP contribution in [0.15, 0.2) is 36.7 Å². The predicted octanol–water partition coefficient (Wildman–Crippen LogP) is 1.55. The van der Waals surface area contributed by atoms with Gasteiger partial charge in [0, 0.05) is 0 Å². The molecule has 0 aromatic carbocycles. The van der Waals surface area contributed by atoms with E-state index in [2.05, 4.69) is 9.97 Å². The van der Waals surface area contributed by atoms with E-state index in [9.17, 15) is 0 Å². The fourth-order valence-corrected chi connectivity index (χ4v) is 1.08. The molecule has 0 saturated carbocycles. The molecule has 0 aliphatic carbocycles. The lowest BCUT2D eigenvalue weighted by molar-refractivity contribution is 0.471. The Morgan fingerprint density at radius 1 is 0.714 bits per heavy atom. The van der Waals surface area contributed by atoms with Crippen LogP contribution in [0.25, 0.3) is 11.4 Å². The fraction of sp³-hybridized carbons (Fsp3) is 0. The van der Waals surface area contributed by atoms with E-state index in [1.165, 1.54) is 24.5 Å². The SMILES string of the molecule is Oc1ccc(-c2ccc(O)cn2)nc1. The van der Waals surface area contributed by atoms with Crippen molar-refractivity contribution < 1.29 is 10.2 Å². The Kier molecular flexibility index (Phi) is 2.02. The van der Waals surface area contributed by atoms with Crippen molar-refractivity contribution in [3.05, 3.63) is 36.7 Å². The van der Waals surface area contributed by atoms with Gasteiger partial charge in [0.25, 0.3) is 0 Å². The maximum absolute atomic E-state index is 9.02. The van der Waals surface area contributed by atoms with Crippen molar-refractivity contribution in [1.29, 1.82) is 0 Å². The van der Waals surface area contributed by atoms with Crippen LogP contribution in [0, 0.1) is 0 Å². The van der Waals surface area contributed by atoms with Gasteiger partial charge in [0.05, 0.1) is 23.8 Å². The van der Waals surface area contributed by atoms with Gasteiger partial charge in [-0.2, -0.15) is 0 Å². The van der Waals surface area contributed by atoms with Crippen LogP contribution in [0.3, 0.4) is 0 Å². The highest BCUT2D eigenvalue weighted by Crippen LogP contribution is 2.18.